The Labute approximate surface area is 209 Å². The summed E-state index contributed by atoms with van der Waals surface area (Å²) in [4.78, 5) is 0. The molecule has 0 amide bonds. The number of benzene rings is 4. The van der Waals surface area contributed by atoms with Gasteiger partial charge in [0, 0.05) is 22.1 Å². The summed E-state index contributed by atoms with van der Waals surface area (Å²) in [6.45, 7) is 4.36. The fourth-order valence-corrected chi connectivity index (χ4v) is 4.09. The van der Waals surface area contributed by atoms with Gasteiger partial charge in [-0.15, -0.1) is 0 Å². The van der Waals surface area contributed by atoms with Gasteiger partial charge in [-0.3, -0.25) is 0 Å². The minimum atomic E-state index is -0.246. The molecule has 0 atom stereocenters. The molecule has 4 aromatic carbocycles. The van der Waals surface area contributed by atoms with Gasteiger partial charge in [-0.2, -0.15) is 0 Å². The van der Waals surface area contributed by atoms with Crippen molar-refractivity contribution < 1.29 is 4.39 Å². The van der Waals surface area contributed by atoms with Gasteiger partial charge in [-0.25, -0.2) is 4.39 Å². The van der Waals surface area contributed by atoms with Crippen LogP contribution < -0.4 is 0 Å². The highest BCUT2D eigenvalue weighted by Crippen LogP contribution is 2.23. The Hall–Kier alpha value is -3.81. The number of hydrogen-bond donors (Lipinski definition) is 0. The number of fused-ring (bicyclic) bond motifs is 1. The Balaban J connectivity index is 1.45. The summed E-state index contributed by atoms with van der Waals surface area (Å²) >= 11 is 0. The summed E-state index contributed by atoms with van der Waals surface area (Å²) < 4.78 is 15.1. The van der Waals surface area contributed by atoms with Crippen LogP contribution in [0.25, 0.3) is 10.8 Å². The SMILES string of the molecule is CCCCCCc1ccc2c(F)c(C#Cc3ccc(C#Cc4ccc(CC)cc4)cc3)ccc2c1. The molecule has 4 aromatic rings. The first-order valence-electron chi connectivity index (χ1n) is 12.6. The molecule has 1 heteroatoms. The largest absolute Gasteiger partial charge is 0.205 e. The number of hydrogen-bond acceptors (Lipinski definition) is 0. The molecular formula is C34H31F. The summed E-state index contributed by atoms with van der Waals surface area (Å²) in [5, 5.41) is 1.57. The summed E-state index contributed by atoms with van der Waals surface area (Å²) in [6.07, 6.45) is 7.01. The first-order chi connectivity index (χ1) is 17.2. The van der Waals surface area contributed by atoms with Gasteiger partial charge in [0.15, 0.2) is 0 Å². The monoisotopic (exact) mass is 458 g/mol. The van der Waals surface area contributed by atoms with Crippen LogP contribution in [-0.2, 0) is 12.8 Å². The molecule has 35 heavy (non-hydrogen) atoms. The summed E-state index contributed by atoms with van der Waals surface area (Å²) in [5.41, 5.74) is 5.77. The fourth-order valence-electron chi connectivity index (χ4n) is 4.09. The van der Waals surface area contributed by atoms with E-state index in [9.17, 15) is 0 Å². The van der Waals surface area contributed by atoms with Crippen LogP contribution in [0.2, 0.25) is 0 Å². The number of halogens is 1. The maximum absolute atomic E-state index is 15.1. The van der Waals surface area contributed by atoms with E-state index in [1.54, 1.807) is 6.07 Å². The lowest BCUT2D eigenvalue weighted by molar-refractivity contribution is 0.636. The summed E-state index contributed by atoms with van der Waals surface area (Å²) in [6, 6.07) is 25.9. The minimum Gasteiger partial charge on any atom is -0.205 e. The van der Waals surface area contributed by atoms with Gasteiger partial charge in [0.25, 0.3) is 0 Å². The van der Waals surface area contributed by atoms with Crippen molar-refractivity contribution in [1.82, 2.24) is 0 Å². The summed E-state index contributed by atoms with van der Waals surface area (Å²) in [7, 11) is 0. The highest BCUT2D eigenvalue weighted by atomic mass is 19.1. The first kappa shape index (κ1) is 24.3. The Morgan fingerprint density at radius 3 is 1.83 bits per heavy atom. The maximum atomic E-state index is 15.1. The molecule has 0 saturated carbocycles. The third-order valence-electron chi connectivity index (χ3n) is 6.28. The molecule has 0 N–H and O–H groups in total. The van der Waals surface area contributed by atoms with E-state index in [0.717, 1.165) is 34.9 Å². The van der Waals surface area contributed by atoms with Crippen LogP contribution in [0.5, 0.6) is 0 Å². The molecule has 0 radical (unpaired) electrons. The Bertz CT molecular complexity index is 1400. The van der Waals surface area contributed by atoms with E-state index in [2.05, 4.69) is 67.9 Å². The average Bonchev–Trinajstić information content (AvgIpc) is 2.90. The fraction of sp³-hybridized carbons (Fsp3) is 0.235. The van der Waals surface area contributed by atoms with E-state index in [1.807, 2.05) is 42.5 Å². The second-order valence-electron chi connectivity index (χ2n) is 8.92. The van der Waals surface area contributed by atoms with Gasteiger partial charge in [0.1, 0.15) is 5.82 Å². The van der Waals surface area contributed by atoms with Crippen LogP contribution in [-0.4, -0.2) is 0 Å². The molecule has 4 rings (SSSR count). The normalized spacial score (nSPS) is 10.4. The molecule has 174 valence electrons. The van der Waals surface area contributed by atoms with Crippen molar-refractivity contribution in [2.45, 2.75) is 52.4 Å². The van der Waals surface area contributed by atoms with Crippen molar-refractivity contribution in [3.63, 3.8) is 0 Å². The average molecular weight is 459 g/mol. The molecule has 0 nitrogen and oxygen atoms in total. The van der Waals surface area contributed by atoms with Crippen LogP contribution >= 0.6 is 0 Å². The second kappa shape index (κ2) is 12.1. The lowest BCUT2D eigenvalue weighted by Gasteiger charge is -2.06. The van der Waals surface area contributed by atoms with Gasteiger partial charge in [-0.05, 0) is 78.2 Å². The van der Waals surface area contributed by atoms with E-state index in [4.69, 9.17) is 0 Å². The van der Waals surface area contributed by atoms with Crippen LogP contribution in [0.15, 0.2) is 78.9 Å². The topological polar surface area (TPSA) is 0 Å². The third kappa shape index (κ3) is 6.62. The zero-order chi connectivity index (χ0) is 24.5. The van der Waals surface area contributed by atoms with Gasteiger partial charge in [0.2, 0.25) is 0 Å². The second-order valence-corrected chi connectivity index (χ2v) is 8.92. The van der Waals surface area contributed by atoms with Crippen molar-refractivity contribution in [3.05, 3.63) is 118 Å². The number of unbranched alkanes of at least 4 members (excludes halogenated alkanes) is 3. The van der Waals surface area contributed by atoms with E-state index in [-0.39, 0.29) is 5.82 Å². The molecule has 0 aliphatic rings. The van der Waals surface area contributed by atoms with Crippen LogP contribution in [0.4, 0.5) is 4.39 Å². The van der Waals surface area contributed by atoms with E-state index >= 15 is 4.39 Å². The molecule has 0 aliphatic carbocycles. The van der Waals surface area contributed by atoms with Gasteiger partial charge < -0.3 is 0 Å². The molecule has 0 unspecified atom stereocenters. The highest BCUT2D eigenvalue weighted by molar-refractivity contribution is 5.85. The van der Waals surface area contributed by atoms with Gasteiger partial charge >= 0.3 is 0 Å². The van der Waals surface area contributed by atoms with Gasteiger partial charge in [0.05, 0.1) is 5.56 Å². The molecule has 0 spiro atoms. The number of rotatable bonds is 6. The first-order valence-corrected chi connectivity index (χ1v) is 12.6. The van der Waals surface area contributed by atoms with Crippen molar-refractivity contribution in [2.24, 2.45) is 0 Å². The lowest BCUT2D eigenvalue weighted by Crippen LogP contribution is -1.90. The van der Waals surface area contributed by atoms with E-state index in [1.165, 1.54) is 36.8 Å². The van der Waals surface area contributed by atoms with Crippen LogP contribution in [0.1, 0.15) is 72.9 Å². The number of aryl methyl sites for hydroxylation is 2. The van der Waals surface area contributed by atoms with Gasteiger partial charge in [-0.1, -0.05) is 93.2 Å². The Kier molecular flexibility index (Phi) is 8.38. The predicted molar refractivity (Wildman–Crippen MR) is 146 cm³/mol. The zero-order valence-corrected chi connectivity index (χ0v) is 20.6. The maximum Gasteiger partial charge on any atom is 0.146 e. The highest BCUT2D eigenvalue weighted by Gasteiger charge is 2.06. The van der Waals surface area contributed by atoms with Crippen molar-refractivity contribution in [3.8, 4) is 23.7 Å². The molecule has 0 aromatic heterocycles. The molecule has 0 saturated heterocycles. The standard InChI is InChI=1S/C34H31F/c1-3-5-6-7-8-30-20-24-33-32(25-30)23-22-31(34(33)35)21-19-29-17-15-28(16-18-29)14-13-27-11-9-26(4-2)10-12-27/h9-12,15-18,20,22-25H,3-8H2,1-2H3. The van der Waals surface area contributed by atoms with E-state index in [0.29, 0.717) is 10.9 Å². The quantitative estimate of drug-likeness (QED) is 0.201. The van der Waals surface area contributed by atoms with Crippen LogP contribution in [0, 0.1) is 29.5 Å². The van der Waals surface area contributed by atoms with E-state index < -0.39 is 0 Å². The minimum absolute atomic E-state index is 0.246. The smallest absolute Gasteiger partial charge is 0.146 e. The zero-order valence-electron chi connectivity index (χ0n) is 20.6. The van der Waals surface area contributed by atoms with Crippen molar-refractivity contribution >= 4 is 10.8 Å². The third-order valence-corrected chi connectivity index (χ3v) is 6.28. The Morgan fingerprint density at radius 2 is 1.20 bits per heavy atom. The molecule has 0 heterocycles. The Morgan fingerprint density at radius 1 is 0.600 bits per heavy atom. The molecule has 0 fully saturated rings. The molecule has 0 aliphatic heterocycles. The van der Waals surface area contributed by atoms with Crippen molar-refractivity contribution in [1.29, 1.82) is 0 Å². The molecule has 0 bridgehead atoms. The van der Waals surface area contributed by atoms with Crippen molar-refractivity contribution in [2.75, 3.05) is 0 Å². The van der Waals surface area contributed by atoms with Crippen LogP contribution in [0.3, 0.4) is 0 Å². The predicted octanol–water partition coefficient (Wildman–Crippen LogP) is 8.46. The summed E-state index contributed by atoms with van der Waals surface area (Å²) in [5.74, 6) is 12.3. The molecular weight excluding hydrogens is 427 g/mol. The lowest BCUT2D eigenvalue weighted by atomic mass is 10.00.